The molecule has 0 aromatic heterocycles. The summed E-state index contributed by atoms with van der Waals surface area (Å²) < 4.78 is 0. The molecule has 2 heteroatoms. The van der Waals surface area contributed by atoms with E-state index in [0.717, 1.165) is 10.6 Å². The van der Waals surface area contributed by atoms with Crippen LogP contribution in [0.15, 0.2) is 10.6 Å². The second-order valence-corrected chi connectivity index (χ2v) is 1.94. The molecule has 0 rings (SSSR count). The van der Waals surface area contributed by atoms with Crippen molar-refractivity contribution in [2.75, 3.05) is 0 Å². The van der Waals surface area contributed by atoms with Crippen LogP contribution in [-0.4, -0.2) is 0 Å². The molecule has 0 saturated carbocycles. The minimum Gasteiger partial charge on any atom is -0.402 e. The molecule has 0 spiro atoms. The quantitative estimate of drug-likeness (QED) is 0.441. The van der Waals surface area contributed by atoms with Gasteiger partial charge in [-0.15, -0.1) is 12.6 Å². The van der Waals surface area contributed by atoms with Gasteiger partial charge < -0.3 is 5.73 Å². The van der Waals surface area contributed by atoms with Gasteiger partial charge in [-0.25, -0.2) is 0 Å². The Kier molecular flexibility index (Phi) is 2.09. The highest BCUT2D eigenvalue weighted by molar-refractivity contribution is 7.84. The fraction of sp³-hybridized carbons (Fsp3) is 0.500. The van der Waals surface area contributed by atoms with Gasteiger partial charge in [0.2, 0.25) is 0 Å². The highest BCUT2D eigenvalue weighted by atomic mass is 32.1. The van der Waals surface area contributed by atoms with Crippen LogP contribution in [0.5, 0.6) is 0 Å². The Hall–Kier alpha value is -0.110. The lowest BCUT2D eigenvalue weighted by Crippen LogP contribution is -1.90. The van der Waals surface area contributed by atoms with Gasteiger partial charge in [0, 0.05) is 5.70 Å². The Labute approximate surface area is 43.6 Å². The standard InChI is InChI=1S/C4H9NS/c1-3(5)4(2)6/h6H,5H2,1-2H3/b4-3-. The Balaban J connectivity index is 3.68. The van der Waals surface area contributed by atoms with Crippen molar-refractivity contribution in [3.63, 3.8) is 0 Å². The van der Waals surface area contributed by atoms with Crippen molar-refractivity contribution < 1.29 is 0 Å². The molecule has 0 aliphatic heterocycles. The number of thiol groups is 1. The van der Waals surface area contributed by atoms with E-state index in [2.05, 4.69) is 12.6 Å². The van der Waals surface area contributed by atoms with Crippen molar-refractivity contribution in [1.29, 1.82) is 0 Å². The highest BCUT2D eigenvalue weighted by Crippen LogP contribution is 1.98. The predicted molar refractivity (Wildman–Crippen MR) is 31.5 cm³/mol. The molecule has 2 N–H and O–H groups in total. The van der Waals surface area contributed by atoms with Crippen LogP contribution in [0.4, 0.5) is 0 Å². The van der Waals surface area contributed by atoms with E-state index in [0.29, 0.717) is 0 Å². The maximum atomic E-state index is 5.24. The zero-order chi connectivity index (χ0) is 5.15. The van der Waals surface area contributed by atoms with Gasteiger partial charge in [0.05, 0.1) is 0 Å². The molecule has 0 radical (unpaired) electrons. The summed E-state index contributed by atoms with van der Waals surface area (Å²) in [6, 6.07) is 0. The number of nitrogens with two attached hydrogens (primary N) is 1. The van der Waals surface area contributed by atoms with Gasteiger partial charge in [-0.3, -0.25) is 0 Å². The lowest BCUT2D eigenvalue weighted by atomic mass is 10.5. The fourth-order valence-electron chi connectivity index (χ4n) is 0. The van der Waals surface area contributed by atoms with Crippen molar-refractivity contribution in [3.8, 4) is 0 Å². The maximum Gasteiger partial charge on any atom is 0.0140 e. The molecule has 0 fully saturated rings. The van der Waals surface area contributed by atoms with Crippen LogP contribution in [0, 0.1) is 0 Å². The van der Waals surface area contributed by atoms with Crippen LogP contribution < -0.4 is 5.73 Å². The van der Waals surface area contributed by atoms with Gasteiger partial charge in [-0.2, -0.15) is 0 Å². The molecule has 0 amide bonds. The SMILES string of the molecule is C/C(N)=C(\C)S. The maximum absolute atomic E-state index is 5.24. The number of hydrogen-bond donors (Lipinski definition) is 2. The molecule has 0 aliphatic carbocycles. The third-order valence-corrected chi connectivity index (χ3v) is 0.923. The highest BCUT2D eigenvalue weighted by Gasteiger charge is 1.77. The van der Waals surface area contributed by atoms with Gasteiger partial charge in [0.15, 0.2) is 0 Å². The van der Waals surface area contributed by atoms with E-state index in [1.54, 1.807) is 0 Å². The van der Waals surface area contributed by atoms with E-state index < -0.39 is 0 Å². The molecule has 0 unspecified atom stereocenters. The van der Waals surface area contributed by atoms with Crippen LogP contribution in [0.3, 0.4) is 0 Å². The number of allylic oxidation sites excluding steroid dienone is 2. The van der Waals surface area contributed by atoms with Gasteiger partial charge in [0.25, 0.3) is 0 Å². The monoisotopic (exact) mass is 103 g/mol. The minimum atomic E-state index is 0.790. The third kappa shape index (κ3) is 2.15. The van der Waals surface area contributed by atoms with E-state index in [4.69, 9.17) is 5.73 Å². The molecule has 1 nitrogen and oxygen atoms in total. The Morgan fingerprint density at radius 2 is 1.67 bits per heavy atom. The van der Waals surface area contributed by atoms with Gasteiger partial charge >= 0.3 is 0 Å². The zero-order valence-electron chi connectivity index (χ0n) is 4.02. The molecule has 0 bridgehead atoms. The van der Waals surface area contributed by atoms with E-state index in [9.17, 15) is 0 Å². The smallest absolute Gasteiger partial charge is 0.0140 e. The first-order valence-electron chi connectivity index (χ1n) is 1.76. The average molecular weight is 103 g/mol. The van der Waals surface area contributed by atoms with Crippen molar-refractivity contribution in [1.82, 2.24) is 0 Å². The van der Waals surface area contributed by atoms with E-state index in [1.165, 1.54) is 0 Å². The van der Waals surface area contributed by atoms with Gasteiger partial charge in [0.1, 0.15) is 0 Å². The van der Waals surface area contributed by atoms with E-state index in [-0.39, 0.29) is 0 Å². The molecule has 0 aromatic rings. The molecule has 0 aromatic carbocycles. The average Bonchev–Trinajstić information content (AvgIpc) is 1.36. The minimum absolute atomic E-state index is 0.790. The van der Waals surface area contributed by atoms with Gasteiger partial charge in [-0.1, -0.05) is 0 Å². The number of rotatable bonds is 0. The second kappa shape index (κ2) is 2.13. The summed E-state index contributed by atoms with van der Waals surface area (Å²) in [6.07, 6.45) is 0. The van der Waals surface area contributed by atoms with Crippen LogP contribution in [0.2, 0.25) is 0 Å². The summed E-state index contributed by atoms with van der Waals surface area (Å²) in [5.41, 5.74) is 6.03. The largest absolute Gasteiger partial charge is 0.402 e. The van der Waals surface area contributed by atoms with Crippen LogP contribution in [0.1, 0.15) is 13.8 Å². The lowest BCUT2D eigenvalue weighted by Gasteiger charge is -1.87. The Morgan fingerprint density at radius 1 is 1.50 bits per heavy atom. The zero-order valence-corrected chi connectivity index (χ0v) is 4.92. The first kappa shape index (κ1) is 5.89. The summed E-state index contributed by atoms with van der Waals surface area (Å²) in [4.78, 5) is 0.898. The fourth-order valence-corrected chi connectivity index (χ4v) is 0. The summed E-state index contributed by atoms with van der Waals surface area (Å²) in [7, 11) is 0. The Bertz CT molecular complexity index is 57.6. The topological polar surface area (TPSA) is 26.0 Å². The summed E-state index contributed by atoms with van der Waals surface area (Å²) in [6.45, 7) is 3.68. The molecule has 6 heavy (non-hydrogen) atoms. The summed E-state index contributed by atoms with van der Waals surface area (Å²) in [5.74, 6) is 0. The molecular formula is C4H9NS. The predicted octanol–water partition coefficient (Wildman–Crippen LogP) is 1.13. The normalized spacial score (nSPS) is 13.8. The lowest BCUT2D eigenvalue weighted by molar-refractivity contribution is 1.28. The Morgan fingerprint density at radius 3 is 1.67 bits per heavy atom. The van der Waals surface area contributed by atoms with E-state index in [1.807, 2.05) is 13.8 Å². The molecule has 0 saturated heterocycles. The second-order valence-electron chi connectivity index (χ2n) is 1.27. The molecule has 0 aliphatic rings. The van der Waals surface area contributed by atoms with E-state index >= 15 is 0 Å². The first-order chi connectivity index (χ1) is 2.64. The van der Waals surface area contributed by atoms with Crippen molar-refractivity contribution in [3.05, 3.63) is 10.6 Å². The van der Waals surface area contributed by atoms with Crippen molar-refractivity contribution in [2.24, 2.45) is 5.73 Å². The van der Waals surface area contributed by atoms with Crippen LogP contribution >= 0.6 is 12.6 Å². The molecular weight excluding hydrogens is 94.1 g/mol. The molecule has 0 heterocycles. The van der Waals surface area contributed by atoms with Gasteiger partial charge in [-0.05, 0) is 18.8 Å². The molecule has 0 atom stereocenters. The van der Waals surface area contributed by atoms with Crippen LogP contribution in [0.25, 0.3) is 0 Å². The number of hydrogen-bond acceptors (Lipinski definition) is 2. The summed E-state index contributed by atoms with van der Waals surface area (Å²) in [5, 5.41) is 0. The third-order valence-electron chi connectivity index (χ3n) is 0.571. The summed E-state index contributed by atoms with van der Waals surface area (Å²) >= 11 is 3.95. The van der Waals surface area contributed by atoms with Crippen molar-refractivity contribution in [2.45, 2.75) is 13.8 Å². The van der Waals surface area contributed by atoms with Crippen molar-refractivity contribution >= 4 is 12.6 Å². The van der Waals surface area contributed by atoms with Crippen LogP contribution in [-0.2, 0) is 0 Å². The molecule has 36 valence electrons. The first-order valence-corrected chi connectivity index (χ1v) is 2.21.